The maximum atomic E-state index is 11.5. The molecule has 0 aliphatic carbocycles. The third kappa shape index (κ3) is 3.06. The lowest BCUT2D eigenvalue weighted by atomic mass is 10.2. The Morgan fingerprint density at radius 1 is 1.67 bits per heavy atom. The minimum atomic E-state index is -1.25. The molecule has 0 spiro atoms. The molecule has 98 valence electrons. The molecule has 0 aliphatic rings. The average Bonchev–Trinajstić information content (AvgIpc) is 2.73. The highest BCUT2D eigenvalue weighted by molar-refractivity contribution is 7.16. The second kappa shape index (κ2) is 6.48. The fraction of sp³-hybridized carbons (Fsp3) is 0.300. The number of aromatic amines is 1. The van der Waals surface area contributed by atoms with Crippen LogP contribution < -0.4 is 11.3 Å². The lowest BCUT2D eigenvalue weighted by molar-refractivity contribution is 0.0683. The molecule has 18 heavy (non-hydrogen) atoms. The molecule has 0 aromatic carbocycles. The highest BCUT2D eigenvalue weighted by Gasteiger charge is 2.13. The minimum absolute atomic E-state index is 0.233. The quantitative estimate of drug-likeness (QED) is 0.724. The van der Waals surface area contributed by atoms with Crippen molar-refractivity contribution in [3.8, 4) is 0 Å². The Balaban J connectivity index is 0.000000492. The second-order valence-corrected chi connectivity index (χ2v) is 4.52. The second-order valence-electron chi connectivity index (χ2n) is 3.13. The number of carbonyl (C=O) groups is 1. The molecule has 2 heterocycles. The maximum absolute atomic E-state index is 11.5. The molecular formula is C10H12ClN3O3S. The van der Waals surface area contributed by atoms with Crippen molar-refractivity contribution in [3.05, 3.63) is 27.1 Å². The van der Waals surface area contributed by atoms with Crippen molar-refractivity contribution in [1.82, 2.24) is 9.97 Å². The van der Waals surface area contributed by atoms with Gasteiger partial charge in [0.1, 0.15) is 4.83 Å². The van der Waals surface area contributed by atoms with Crippen LogP contribution in [0.15, 0.2) is 10.2 Å². The zero-order valence-corrected chi connectivity index (χ0v) is 11.1. The van der Waals surface area contributed by atoms with Gasteiger partial charge in [-0.1, -0.05) is 6.92 Å². The molecule has 0 saturated heterocycles. The first kappa shape index (κ1) is 14.6. The number of fused-ring (bicyclic) bond motifs is 1. The number of carboxylic acid groups (broad SMARTS) is 1. The Bertz CT molecular complexity index is 608. The minimum Gasteiger partial charge on any atom is -0.475 e. The van der Waals surface area contributed by atoms with Gasteiger partial charge in [0.2, 0.25) is 5.82 Å². The number of carboxylic acids is 1. The van der Waals surface area contributed by atoms with Gasteiger partial charge in [-0.25, -0.2) is 9.78 Å². The fourth-order valence-corrected chi connectivity index (χ4v) is 2.21. The normalized spacial score (nSPS) is 9.94. The molecule has 0 amide bonds. The number of nitrogens with zero attached hydrogens (tertiary/aromatic N) is 1. The van der Waals surface area contributed by atoms with Crippen LogP contribution in [0, 0.1) is 0 Å². The number of aromatic nitrogens is 2. The smallest absolute Gasteiger partial charge is 0.372 e. The van der Waals surface area contributed by atoms with E-state index in [2.05, 4.69) is 9.97 Å². The van der Waals surface area contributed by atoms with E-state index < -0.39 is 11.5 Å². The first-order valence-electron chi connectivity index (χ1n) is 5.04. The van der Waals surface area contributed by atoms with Gasteiger partial charge in [-0.05, 0) is 10.9 Å². The van der Waals surface area contributed by atoms with Crippen LogP contribution in [0.3, 0.4) is 0 Å². The van der Waals surface area contributed by atoms with Gasteiger partial charge in [0.25, 0.3) is 5.56 Å². The molecule has 2 rings (SSSR count). The summed E-state index contributed by atoms with van der Waals surface area (Å²) < 4.78 is 0. The molecule has 0 saturated carbocycles. The lowest BCUT2D eigenvalue weighted by Crippen LogP contribution is -2.16. The standard InChI is InChI=1S/C8H7N3O3S.C2H5Cl/c9-1-3-2-15-7-4(3)6(12)10-5(11-7)8(13)14;1-2-3/h2H,1,9H2,(H,13,14)(H,10,11,12);2H2,1H3. The van der Waals surface area contributed by atoms with Gasteiger partial charge in [-0.3, -0.25) is 4.79 Å². The van der Waals surface area contributed by atoms with E-state index in [1.54, 1.807) is 5.38 Å². The van der Waals surface area contributed by atoms with Crippen LogP contribution in [0.1, 0.15) is 23.1 Å². The Labute approximate surface area is 111 Å². The van der Waals surface area contributed by atoms with Crippen LogP contribution >= 0.6 is 22.9 Å². The summed E-state index contributed by atoms with van der Waals surface area (Å²) in [6.07, 6.45) is 0. The number of nitrogens with one attached hydrogen (secondary N) is 1. The van der Waals surface area contributed by atoms with Crippen molar-refractivity contribution in [3.63, 3.8) is 0 Å². The topological polar surface area (TPSA) is 109 Å². The summed E-state index contributed by atoms with van der Waals surface area (Å²) >= 11 is 6.21. The number of nitrogens with two attached hydrogens (primary N) is 1. The van der Waals surface area contributed by atoms with Crippen LogP contribution in [0.25, 0.3) is 10.2 Å². The molecular weight excluding hydrogens is 278 g/mol. The molecule has 0 radical (unpaired) electrons. The summed E-state index contributed by atoms with van der Waals surface area (Å²) in [5.74, 6) is -0.880. The summed E-state index contributed by atoms with van der Waals surface area (Å²) in [5, 5.41) is 10.8. The Morgan fingerprint density at radius 3 is 2.78 bits per heavy atom. The number of hydrogen-bond acceptors (Lipinski definition) is 5. The van der Waals surface area contributed by atoms with Crippen molar-refractivity contribution >= 4 is 39.1 Å². The van der Waals surface area contributed by atoms with E-state index in [0.29, 0.717) is 15.8 Å². The molecule has 2 aromatic heterocycles. The highest BCUT2D eigenvalue weighted by Crippen LogP contribution is 2.20. The number of alkyl halides is 1. The van der Waals surface area contributed by atoms with E-state index >= 15 is 0 Å². The van der Waals surface area contributed by atoms with E-state index in [-0.39, 0.29) is 12.4 Å². The van der Waals surface area contributed by atoms with Crippen molar-refractivity contribution in [2.75, 3.05) is 5.88 Å². The molecule has 0 fully saturated rings. The van der Waals surface area contributed by atoms with Gasteiger partial charge in [0.05, 0.1) is 5.39 Å². The first-order chi connectivity index (χ1) is 8.54. The Hall–Kier alpha value is -1.44. The first-order valence-corrected chi connectivity index (χ1v) is 6.46. The molecule has 2 aromatic rings. The van der Waals surface area contributed by atoms with Gasteiger partial charge >= 0.3 is 5.97 Å². The fourth-order valence-electron chi connectivity index (χ4n) is 1.26. The van der Waals surface area contributed by atoms with Crippen LogP contribution in [0.4, 0.5) is 0 Å². The summed E-state index contributed by atoms with van der Waals surface area (Å²) in [6.45, 7) is 2.12. The van der Waals surface area contributed by atoms with Gasteiger partial charge < -0.3 is 15.8 Å². The van der Waals surface area contributed by atoms with E-state index in [4.69, 9.17) is 22.4 Å². The Morgan fingerprint density at radius 2 is 2.28 bits per heavy atom. The van der Waals surface area contributed by atoms with Gasteiger partial charge in [0, 0.05) is 12.4 Å². The van der Waals surface area contributed by atoms with Crippen LogP contribution in [0.5, 0.6) is 0 Å². The molecule has 0 bridgehead atoms. The van der Waals surface area contributed by atoms with Crippen LogP contribution in [0.2, 0.25) is 0 Å². The summed E-state index contributed by atoms with van der Waals surface area (Å²) in [6, 6.07) is 0. The van der Waals surface area contributed by atoms with E-state index in [1.807, 2.05) is 6.92 Å². The largest absolute Gasteiger partial charge is 0.475 e. The lowest BCUT2D eigenvalue weighted by Gasteiger charge is -1.95. The number of H-pyrrole nitrogens is 1. The number of rotatable bonds is 2. The van der Waals surface area contributed by atoms with Gasteiger partial charge in [-0.15, -0.1) is 22.9 Å². The van der Waals surface area contributed by atoms with Gasteiger partial charge in [0.15, 0.2) is 0 Å². The molecule has 0 unspecified atom stereocenters. The molecule has 8 heteroatoms. The van der Waals surface area contributed by atoms with Crippen LogP contribution in [-0.4, -0.2) is 26.9 Å². The number of aromatic carboxylic acids is 1. The monoisotopic (exact) mass is 289 g/mol. The molecule has 6 nitrogen and oxygen atoms in total. The molecule has 0 aliphatic heterocycles. The van der Waals surface area contributed by atoms with E-state index in [0.717, 1.165) is 5.88 Å². The SMILES string of the molecule is CCCl.NCc1csc2nc(C(=O)O)[nH]c(=O)c12. The summed E-state index contributed by atoms with van der Waals surface area (Å²) in [7, 11) is 0. The zero-order chi connectivity index (χ0) is 13.7. The summed E-state index contributed by atoms with van der Waals surface area (Å²) in [5.41, 5.74) is 5.66. The van der Waals surface area contributed by atoms with Crippen molar-refractivity contribution in [1.29, 1.82) is 0 Å². The van der Waals surface area contributed by atoms with Crippen molar-refractivity contribution in [2.45, 2.75) is 13.5 Å². The highest BCUT2D eigenvalue weighted by atomic mass is 35.5. The van der Waals surface area contributed by atoms with Gasteiger partial charge in [-0.2, -0.15) is 0 Å². The van der Waals surface area contributed by atoms with Crippen molar-refractivity contribution < 1.29 is 9.90 Å². The predicted octanol–water partition coefficient (Wildman–Crippen LogP) is 1.39. The van der Waals surface area contributed by atoms with Crippen molar-refractivity contribution in [2.24, 2.45) is 5.73 Å². The molecule has 0 atom stereocenters. The predicted molar refractivity (Wildman–Crippen MR) is 71.5 cm³/mol. The Kier molecular flexibility index (Phi) is 5.26. The number of thiophene rings is 1. The molecule has 4 N–H and O–H groups in total. The number of hydrogen-bond donors (Lipinski definition) is 3. The van der Waals surface area contributed by atoms with Crippen LogP contribution in [-0.2, 0) is 6.54 Å². The third-order valence-corrected chi connectivity index (χ3v) is 2.86. The van der Waals surface area contributed by atoms with E-state index in [9.17, 15) is 9.59 Å². The zero-order valence-electron chi connectivity index (χ0n) is 9.57. The average molecular weight is 290 g/mol. The summed E-state index contributed by atoms with van der Waals surface area (Å²) in [4.78, 5) is 28.6. The maximum Gasteiger partial charge on any atom is 0.372 e. The number of halogens is 1. The third-order valence-electron chi connectivity index (χ3n) is 1.94. The van der Waals surface area contributed by atoms with E-state index in [1.165, 1.54) is 11.3 Å².